The molecule has 9 nitrogen and oxygen atoms in total. The molecule has 0 aliphatic rings. The minimum Gasteiger partial charge on any atom is -0.497 e. The summed E-state index contributed by atoms with van der Waals surface area (Å²) >= 11 is 12.6. The Balaban J connectivity index is 1.71. The number of methoxy groups -OCH3 is 1. The highest BCUT2D eigenvalue weighted by Gasteiger charge is 2.29. The van der Waals surface area contributed by atoms with Gasteiger partial charge in [-0.05, 0) is 61.0 Å². The molecule has 1 amide bonds. The van der Waals surface area contributed by atoms with Crippen molar-refractivity contribution in [2.45, 2.75) is 19.5 Å². The van der Waals surface area contributed by atoms with Crippen molar-refractivity contribution < 1.29 is 14.5 Å². The molecule has 1 heterocycles. The van der Waals surface area contributed by atoms with E-state index in [0.29, 0.717) is 27.4 Å². The highest BCUT2D eigenvalue weighted by Crippen LogP contribution is 2.30. The lowest BCUT2D eigenvalue weighted by Gasteiger charge is -2.31. The molecule has 0 fully saturated rings. The largest absolute Gasteiger partial charge is 0.497 e. The smallest absolute Gasteiger partial charge is 0.270 e. The number of aromatic nitrogens is 2. The normalized spacial score (nSPS) is 11.7. The molecule has 5 rings (SSSR count). The molecule has 5 aromatic rings. The summed E-state index contributed by atoms with van der Waals surface area (Å²) < 4.78 is 6.75. The number of nitrogens with zero attached hydrogens (tertiary/aromatic N) is 4. The maximum atomic E-state index is 14.1. The highest BCUT2D eigenvalue weighted by atomic mass is 35.5. The van der Waals surface area contributed by atoms with Crippen LogP contribution in [0.15, 0.2) is 95.8 Å². The fourth-order valence-electron chi connectivity index (χ4n) is 4.69. The number of rotatable bonds is 8. The summed E-state index contributed by atoms with van der Waals surface area (Å²) in [5.74, 6) is 0.394. The minimum absolute atomic E-state index is 0.0646. The van der Waals surface area contributed by atoms with Crippen LogP contribution in [0.2, 0.25) is 10.0 Å². The first kappa shape index (κ1) is 28.8. The second-order valence-corrected chi connectivity index (χ2v) is 10.3. The Kier molecular flexibility index (Phi) is 8.24. The van der Waals surface area contributed by atoms with Gasteiger partial charge in [-0.2, -0.15) is 0 Å². The summed E-state index contributed by atoms with van der Waals surface area (Å²) in [6, 6.07) is 24.0. The van der Waals surface area contributed by atoms with Crippen molar-refractivity contribution in [3.63, 3.8) is 0 Å². The van der Waals surface area contributed by atoms with Crippen LogP contribution in [0.5, 0.6) is 5.75 Å². The van der Waals surface area contributed by atoms with Crippen LogP contribution in [-0.4, -0.2) is 32.4 Å². The van der Waals surface area contributed by atoms with Crippen LogP contribution in [0, 0.1) is 10.1 Å². The van der Waals surface area contributed by atoms with Gasteiger partial charge in [0, 0.05) is 23.7 Å². The van der Waals surface area contributed by atoms with E-state index >= 15 is 0 Å². The fraction of sp³-hybridized carbons (Fsp3) is 0.129. The highest BCUT2D eigenvalue weighted by molar-refractivity contribution is 6.34. The first-order valence-corrected chi connectivity index (χ1v) is 13.6. The zero-order valence-electron chi connectivity index (χ0n) is 22.5. The van der Waals surface area contributed by atoms with Crippen LogP contribution in [0.1, 0.15) is 34.7 Å². The third kappa shape index (κ3) is 5.70. The SMILES string of the molecule is COc1ccc(-n2c(C(C)N(Cc3ccccc3)C(=O)c3ccc([N+](=O)[O-])cc3Cl)nc3cc(Cl)ccc3c2=O)cc1. The predicted octanol–water partition coefficient (Wildman–Crippen LogP) is 7.01. The van der Waals surface area contributed by atoms with Crippen molar-refractivity contribution in [2.24, 2.45) is 0 Å². The van der Waals surface area contributed by atoms with E-state index in [1.54, 1.807) is 56.5 Å². The van der Waals surface area contributed by atoms with E-state index in [4.69, 9.17) is 32.9 Å². The number of carbonyl (C=O) groups is 1. The van der Waals surface area contributed by atoms with Gasteiger partial charge in [0.25, 0.3) is 17.2 Å². The first-order chi connectivity index (χ1) is 20.2. The lowest BCUT2D eigenvalue weighted by atomic mass is 10.1. The summed E-state index contributed by atoms with van der Waals surface area (Å²) in [6.45, 7) is 1.90. The van der Waals surface area contributed by atoms with Crippen molar-refractivity contribution in [1.29, 1.82) is 0 Å². The van der Waals surface area contributed by atoms with Crippen LogP contribution in [0.25, 0.3) is 16.6 Å². The van der Waals surface area contributed by atoms with E-state index in [1.807, 2.05) is 30.3 Å². The number of non-ortho nitro benzene ring substituents is 1. The van der Waals surface area contributed by atoms with Crippen molar-refractivity contribution in [3.05, 3.63) is 138 Å². The maximum absolute atomic E-state index is 14.1. The molecule has 0 saturated heterocycles. The second kappa shape index (κ2) is 12.0. The molecule has 42 heavy (non-hydrogen) atoms. The Bertz CT molecular complexity index is 1860. The number of halogens is 2. The Morgan fingerprint density at radius 3 is 2.38 bits per heavy atom. The lowest BCUT2D eigenvalue weighted by Crippen LogP contribution is -2.37. The Labute approximate surface area is 250 Å². The Hall–Kier alpha value is -4.73. The van der Waals surface area contributed by atoms with Gasteiger partial charge >= 0.3 is 0 Å². The van der Waals surface area contributed by atoms with Crippen molar-refractivity contribution >= 4 is 45.7 Å². The molecule has 4 aromatic carbocycles. The molecule has 0 aliphatic heterocycles. The van der Waals surface area contributed by atoms with Crippen LogP contribution in [-0.2, 0) is 6.54 Å². The Morgan fingerprint density at radius 2 is 1.74 bits per heavy atom. The number of hydrogen-bond donors (Lipinski definition) is 0. The number of nitro groups is 1. The number of benzene rings is 4. The number of fused-ring (bicyclic) bond motifs is 1. The number of carbonyl (C=O) groups excluding carboxylic acids is 1. The molecular formula is C31H24Cl2N4O5. The van der Waals surface area contributed by atoms with Crippen LogP contribution in [0.3, 0.4) is 0 Å². The number of hydrogen-bond acceptors (Lipinski definition) is 6. The molecule has 11 heteroatoms. The van der Waals surface area contributed by atoms with Gasteiger partial charge in [-0.1, -0.05) is 53.5 Å². The zero-order chi connectivity index (χ0) is 30.0. The molecule has 1 atom stereocenters. The van der Waals surface area contributed by atoms with E-state index in [9.17, 15) is 19.7 Å². The maximum Gasteiger partial charge on any atom is 0.270 e. The van der Waals surface area contributed by atoms with E-state index in [1.165, 1.54) is 21.6 Å². The van der Waals surface area contributed by atoms with Gasteiger partial charge in [-0.15, -0.1) is 0 Å². The molecule has 0 radical (unpaired) electrons. The predicted molar refractivity (Wildman–Crippen MR) is 162 cm³/mol. The summed E-state index contributed by atoms with van der Waals surface area (Å²) in [6.07, 6.45) is 0. The molecule has 1 aromatic heterocycles. The molecule has 1 unspecified atom stereocenters. The van der Waals surface area contributed by atoms with Gasteiger partial charge in [-0.25, -0.2) is 4.98 Å². The summed E-state index contributed by atoms with van der Waals surface area (Å²) in [7, 11) is 1.55. The van der Waals surface area contributed by atoms with Crippen LogP contribution in [0.4, 0.5) is 5.69 Å². The Morgan fingerprint density at radius 1 is 1.02 bits per heavy atom. The van der Waals surface area contributed by atoms with E-state index < -0.39 is 16.9 Å². The van der Waals surface area contributed by atoms with Crippen molar-refractivity contribution in [2.75, 3.05) is 7.11 Å². The first-order valence-electron chi connectivity index (χ1n) is 12.8. The summed E-state index contributed by atoms with van der Waals surface area (Å²) in [5.41, 5.74) is 1.21. The van der Waals surface area contributed by atoms with Gasteiger partial charge in [0.1, 0.15) is 11.6 Å². The molecule has 212 valence electrons. The van der Waals surface area contributed by atoms with Crippen molar-refractivity contribution in [1.82, 2.24) is 14.5 Å². The number of ether oxygens (including phenoxy) is 1. The second-order valence-electron chi connectivity index (χ2n) is 9.49. The van der Waals surface area contributed by atoms with Gasteiger partial charge in [0.15, 0.2) is 0 Å². The van der Waals surface area contributed by atoms with E-state index in [2.05, 4.69) is 0 Å². The average Bonchev–Trinajstić information content (AvgIpc) is 2.99. The molecule has 0 bridgehead atoms. The van der Waals surface area contributed by atoms with Gasteiger partial charge in [-0.3, -0.25) is 24.3 Å². The molecular weight excluding hydrogens is 579 g/mol. The van der Waals surface area contributed by atoms with Gasteiger partial charge in [0.2, 0.25) is 0 Å². The quantitative estimate of drug-likeness (QED) is 0.139. The van der Waals surface area contributed by atoms with E-state index in [0.717, 1.165) is 11.6 Å². The fourth-order valence-corrected chi connectivity index (χ4v) is 5.11. The molecule has 0 spiro atoms. The summed E-state index contributed by atoms with van der Waals surface area (Å²) in [5, 5.41) is 12.0. The van der Waals surface area contributed by atoms with Gasteiger partial charge in [0.05, 0.1) is 45.3 Å². The third-order valence-electron chi connectivity index (χ3n) is 6.88. The van der Waals surface area contributed by atoms with Crippen LogP contribution >= 0.6 is 23.2 Å². The zero-order valence-corrected chi connectivity index (χ0v) is 24.0. The molecule has 0 N–H and O–H groups in total. The average molecular weight is 603 g/mol. The summed E-state index contributed by atoms with van der Waals surface area (Å²) in [4.78, 5) is 45.1. The van der Waals surface area contributed by atoms with E-state index in [-0.39, 0.29) is 34.2 Å². The lowest BCUT2D eigenvalue weighted by molar-refractivity contribution is -0.384. The number of nitro benzene ring substituents is 1. The monoisotopic (exact) mass is 602 g/mol. The van der Waals surface area contributed by atoms with Crippen LogP contribution < -0.4 is 10.3 Å². The molecule has 0 aliphatic carbocycles. The topological polar surface area (TPSA) is 108 Å². The number of amides is 1. The van der Waals surface area contributed by atoms with Gasteiger partial charge < -0.3 is 9.64 Å². The third-order valence-corrected chi connectivity index (χ3v) is 7.43. The standard InChI is InChI=1S/C31H24Cl2N4O5/c1-19(35(18-20-6-4-3-5-7-20)30(38)25-15-11-23(37(40)41)17-27(25)33)29-34-28-16-21(32)8-14-26(28)31(39)36(29)22-9-12-24(42-2)13-10-22/h3-17,19H,18H2,1-2H3. The van der Waals surface area contributed by atoms with Crippen molar-refractivity contribution in [3.8, 4) is 11.4 Å². The minimum atomic E-state index is -0.776. The molecule has 0 saturated carbocycles.